The summed E-state index contributed by atoms with van der Waals surface area (Å²) in [5, 5.41) is 14.3. The third-order valence-electron chi connectivity index (χ3n) is 4.17. The lowest BCUT2D eigenvalue weighted by atomic mass is 10.1. The van der Waals surface area contributed by atoms with E-state index in [0.717, 1.165) is 16.5 Å². The summed E-state index contributed by atoms with van der Waals surface area (Å²) in [6.45, 7) is 2.50. The van der Waals surface area contributed by atoms with E-state index < -0.39 is 6.10 Å². The van der Waals surface area contributed by atoms with Gasteiger partial charge in [-0.3, -0.25) is 4.79 Å². The van der Waals surface area contributed by atoms with Gasteiger partial charge in [0.1, 0.15) is 5.75 Å². The van der Waals surface area contributed by atoms with Crippen LogP contribution >= 0.6 is 0 Å². The van der Waals surface area contributed by atoms with Gasteiger partial charge in [0, 0.05) is 36.3 Å². The predicted molar refractivity (Wildman–Crippen MR) is 97.8 cm³/mol. The van der Waals surface area contributed by atoms with Gasteiger partial charge in [0.15, 0.2) is 0 Å². The molecule has 2 N–H and O–H groups in total. The van der Waals surface area contributed by atoms with Crippen molar-refractivity contribution in [2.45, 2.75) is 13.0 Å². The Balaban J connectivity index is 1.74. The Kier molecular flexibility index (Phi) is 5.05. The number of aliphatic hydroxyl groups is 1. The van der Waals surface area contributed by atoms with Crippen LogP contribution in [0.1, 0.15) is 28.9 Å². The van der Waals surface area contributed by atoms with Gasteiger partial charge in [-0.2, -0.15) is 0 Å². The average molecular weight is 338 g/mol. The number of carbonyl (C=O) groups excluding carboxylic acids is 1. The van der Waals surface area contributed by atoms with Crippen LogP contribution in [0.2, 0.25) is 0 Å². The molecule has 0 spiro atoms. The van der Waals surface area contributed by atoms with Crippen LogP contribution in [0.3, 0.4) is 0 Å². The maximum Gasteiger partial charge on any atom is 0.255 e. The van der Waals surface area contributed by atoms with Gasteiger partial charge < -0.3 is 19.7 Å². The summed E-state index contributed by atoms with van der Waals surface area (Å²) in [4.78, 5) is 12.4. The molecule has 1 atom stereocenters. The van der Waals surface area contributed by atoms with Crippen molar-refractivity contribution in [3.63, 3.8) is 0 Å². The Labute approximate surface area is 146 Å². The lowest BCUT2D eigenvalue weighted by Crippen LogP contribution is -2.28. The van der Waals surface area contributed by atoms with Crippen molar-refractivity contribution in [1.82, 2.24) is 9.88 Å². The SMILES string of the molecule is CCOc1ccccc1C(=O)NCC(O)c1cn(C)c2ccccc12. The van der Waals surface area contributed by atoms with Crippen molar-refractivity contribution in [3.8, 4) is 5.75 Å². The molecular weight excluding hydrogens is 316 g/mol. The zero-order chi connectivity index (χ0) is 17.8. The van der Waals surface area contributed by atoms with Gasteiger partial charge in [0.2, 0.25) is 0 Å². The molecule has 0 radical (unpaired) electrons. The second kappa shape index (κ2) is 7.40. The summed E-state index contributed by atoms with van der Waals surface area (Å²) in [5.41, 5.74) is 2.32. The van der Waals surface area contributed by atoms with E-state index in [9.17, 15) is 9.90 Å². The normalized spacial score (nSPS) is 12.1. The summed E-state index contributed by atoms with van der Waals surface area (Å²) < 4.78 is 7.46. The average Bonchev–Trinajstić information content (AvgIpc) is 2.97. The number of rotatable bonds is 6. The van der Waals surface area contributed by atoms with E-state index >= 15 is 0 Å². The van der Waals surface area contributed by atoms with E-state index in [4.69, 9.17) is 4.74 Å². The highest BCUT2D eigenvalue weighted by molar-refractivity contribution is 5.97. The lowest BCUT2D eigenvalue weighted by Gasteiger charge is -2.13. The van der Waals surface area contributed by atoms with Crippen LogP contribution in [0.4, 0.5) is 0 Å². The number of fused-ring (bicyclic) bond motifs is 1. The number of nitrogens with zero attached hydrogens (tertiary/aromatic N) is 1. The largest absolute Gasteiger partial charge is 0.493 e. The van der Waals surface area contributed by atoms with Gasteiger partial charge in [-0.25, -0.2) is 0 Å². The van der Waals surface area contributed by atoms with Gasteiger partial charge in [0.25, 0.3) is 5.91 Å². The number of aryl methyl sites for hydroxylation is 1. The van der Waals surface area contributed by atoms with Crippen LogP contribution in [-0.4, -0.2) is 28.7 Å². The third kappa shape index (κ3) is 3.51. The van der Waals surface area contributed by atoms with E-state index in [2.05, 4.69) is 5.32 Å². The maximum absolute atomic E-state index is 12.4. The topological polar surface area (TPSA) is 63.5 Å². The number of aromatic nitrogens is 1. The van der Waals surface area contributed by atoms with E-state index in [1.807, 2.05) is 55.1 Å². The zero-order valence-corrected chi connectivity index (χ0v) is 14.4. The molecule has 0 aliphatic heterocycles. The predicted octanol–water partition coefficient (Wildman–Crippen LogP) is 3.04. The first-order valence-electron chi connectivity index (χ1n) is 8.34. The fourth-order valence-electron chi connectivity index (χ4n) is 2.97. The van der Waals surface area contributed by atoms with Crippen molar-refractivity contribution >= 4 is 16.8 Å². The van der Waals surface area contributed by atoms with Crippen LogP contribution in [0.15, 0.2) is 54.7 Å². The maximum atomic E-state index is 12.4. The summed E-state index contributed by atoms with van der Waals surface area (Å²) in [6.07, 6.45) is 1.12. The van der Waals surface area contributed by atoms with Crippen LogP contribution < -0.4 is 10.1 Å². The monoisotopic (exact) mass is 338 g/mol. The minimum Gasteiger partial charge on any atom is -0.493 e. The minimum absolute atomic E-state index is 0.132. The summed E-state index contributed by atoms with van der Waals surface area (Å²) in [5.74, 6) is 0.283. The molecule has 0 bridgehead atoms. The molecule has 1 amide bonds. The molecular formula is C20H22N2O3. The van der Waals surface area contributed by atoms with Gasteiger partial charge in [0.05, 0.1) is 18.3 Å². The van der Waals surface area contributed by atoms with Crippen molar-refractivity contribution in [2.24, 2.45) is 7.05 Å². The molecule has 25 heavy (non-hydrogen) atoms. The Morgan fingerprint density at radius 2 is 1.92 bits per heavy atom. The number of ether oxygens (including phenoxy) is 1. The number of amides is 1. The molecule has 0 aliphatic rings. The van der Waals surface area contributed by atoms with Crippen LogP contribution in [0, 0.1) is 0 Å². The Morgan fingerprint density at radius 3 is 2.72 bits per heavy atom. The molecule has 0 saturated carbocycles. The van der Waals surface area contributed by atoms with Crippen LogP contribution in [0.25, 0.3) is 10.9 Å². The van der Waals surface area contributed by atoms with Gasteiger partial charge >= 0.3 is 0 Å². The smallest absolute Gasteiger partial charge is 0.255 e. The van der Waals surface area contributed by atoms with Gasteiger partial charge in [-0.1, -0.05) is 30.3 Å². The number of aliphatic hydroxyl groups excluding tert-OH is 1. The number of hydrogen-bond donors (Lipinski definition) is 2. The Bertz CT molecular complexity index is 886. The third-order valence-corrected chi connectivity index (χ3v) is 4.17. The van der Waals surface area contributed by atoms with E-state index in [1.165, 1.54) is 0 Å². The number of hydrogen-bond acceptors (Lipinski definition) is 3. The molecule has 1 heterocycles. The highest BCUT2D eigenvalue weighted by atomic mass is 16.5. The molecule has 5 nitrogen and oxygen atoms in total. The van der Waals surface area contributed by atoms with E-state index in [0.29, 0.717) is 17.9 Å². The zero-order valence-electron chi connectivity index (χ0n) is 14.4. The van der Waals surface area contributed by atoms with E-state index in [-0.39, 0.29) is 12.5 Å². The van der Waals surface area contributed by atoms with Crippen molar-refractivity contribution in [2.75, 3.05) is 13.2 Å². The summed E-state index contributed by atoms with van der Waals surface area (Å²) in [7, 11) is 1.94. The molecule has 130 valence electrons. The quantitative estimate of drug-likeness (QED) is 0.726. The fourth-order valence-corrected chi connectivity index (χ4v) is 2.97. The molecule has 0 fully saturated rings. The van der Waals surface area contributed by atoms with Crippen molar-refractivity contribution in [1.29, 1.82) is 0 Å². The highest BCUT2D eigenvalue weighted by Gasteiger charge is 2.17. The molecule has 0 saturated heterocycles. The summed E-state index contributed by atoms with van der Waals surface area (Å²) in [6, 6.07) is 15.0. The fraction of sp³-hybridized carbons (Fsp3) is 0.250. The van der Waals surface area contributed by atoms with Gasteiger partial charge in [-0.05, 0) is 25.1 Å². The molecule has 2 aromatic carbocycles. The van der Waals surface area contributed by atoms with Crippen molar-refractivity contribution < 1.29 is 14.6 Å². The molecule has 3 aromatic rings. The number of para-hydroxylation sites is 2. The minimum atomic E-state index is -0.783. The van der Waals surface area contributed by atoms with Crippen LogP contribution in [0.5, 0.6) is 5.75 Å². The Morgan fingerprint density at radius 1 is 1.20 bits per heavy atom. The lowest BCUT2D eigenvalue weighted by molar-refractivity contribution is 0.0913. The molecule has 5 heteroatoms. The molecule has 1 unspecified atom stereocenters. The first kappa shape index (κ1) is 17.0. The number of benzene rings is 2. The van der Waals surface area contributed by atoms with Gasteiger partial charge in [-0.15, -0.1) is 0 Å². The first-order valence-corrected chi connectivity index (χ1v) is 8.34. The van der Waals surface area contributed by atoms with E-state index in [1.54, 1.807) is 18.2 Å². The number of carbonyl (C=O) groups is 1. The molecule has 1 aromatic heterocycles. The first-order chi connectivity index (χ1) is 12.1. The molecule has 0 aliphatic carbocycles. The second-order valence-corrected chi connectivity index (χ2v) is 5.87. The molecule has 3 rings (SSSR count). The number of nitrogens with one attached hydrogen (secondary N) is 1. The second-order valence-electron chi connectivity index (χ2n) is 5.87. The summed E-state index contributed by atoms with van der Waals surface area (Å²) >= 11 is 0. The highest BCUT2D eigenvalue weighted by Crippen LogP contribution is 2.25. The Hall–Kier alpha value is -2.79. The van der Waals surface area contributed by atoms with Crippen molar-refractivity contribution in [3.05, 3.63) is 65.9 Å². The van der Waals surface area contributed by atoms with Crippen LogP contribution in [-0.2, 0) is 7.05 Å². The standard InChI is InChI=1S/C20H22N2O3/c1-3-25-19-11-7-5-9-15(19)20(24)21-12-18(23)16-13-22(2)17-10-6-4-8-14(16)17/h4-11,13,18,23H,3,12H2,1-2H3,(H,21,24).